The van der Waals surface area contributed by atoms with Crippen molar-refractivity contribution in [3.05, 3.63) is 59.2 Å². The van der Waals surface area contributed by atoms with Gasteiger partial charge in [-0.25, -0.2) is 0 Å². The molecule has 0 saturated carbocycles. The summed E-state index contributed by atoms with van der Waals surface area (Å²) in [7, 11) is 0. The van der Waals surface area contributed by atoms with Gasteiger partial charge in [0.2, 0.25) is 0 Å². The molecular weight excluding hydrogens is 339 g/mol. The van der Waals surface area contributed by atoms with E-state index in [0.29, 0.717) is 6.42 Å². The van der Waals surface area contributed by atoms with Crippen LogP contribution in [0.1, 0.15) is 23.1 Å². The van der Waals surface area contributed by atoms with Gasteiger partial charge >= 0.3 is 6.18 Å². The zero-order valence-corrected chi connectivity index (χ0v) is 13.2. The number of alkyl halides is 3. The maximum absolute atomic E-state index is 12.7. The van der Waals surface area contributed by atoms with Crippen LogP contribution >= 0.6 is 12.6 Å². The Hall–Kier alpha value is -2.46. The Morgan fingerprint density at radius 1 is 1.21 bits per heavy atom. The lowest BCUT2D eigenvalue weighted by molar-refractivity contribution is -0.137. The second-order valence-corrected chi connectivity index (χ2v) is 5.46. The Morgan fingerprint density at radius 2 is 1.96 bits per heavy atom. The molecular formula is C17H12F3NO2S. The molecule has 0 bridgehead atoms. The van der Waals surface area contributed by atoms with Gasteiger partial charge in [0.1, 0.15) is 17.6 Å². The quantitative estimate of drug-likeness (QED) is 0.790. The van der Waals surface area contributed by atoms with E-state index in [4.69, 9.17) is 4.74 Å². The fraction of sp³-hybridized carbons (Fsp3) is 0.176. The van der Waals surface area contributed by atoms with Crippen LogP contribution in [-0.4, -0.2) is 5.12 Å². The number of benzene rings is 2. The molecule has 0 heterocycles. The summed E-state index contributed by atoms with van der Waals surface area (Å²) >= 11 is 3.68. The number of hydrogen-bond acceptors (Lipinski definition) is 3. The molecule has 2 aromatic rings. The molecule has 0 radical (unpaired) electrons. The van der Waals surface area contributed by atoms with Crippen LogP contribution < -0.4 is 4.74 Å². The summed E-state index contributed by atoms with van der Waals surface area (Å²) in [5.41, 5.74) is 0.0873. The van der Waals surface area contributed by atoms with Crippen LogP contribution in [0.5, 0.6) is 11.5 Å². The van der Waals surface area contributed by atoms with Crippen molar-refractivity contribution in [1.29, 1.82) is 5.26 Å². The number of ether oxygens (including phenoxy) is 1. The van der Waals surface area contributed by atoms with E-state index in [9.17, 15) is 23.2 Å². The van der Waals surface area contributed by atoms with Crippen molar-refractivity contribution in [3.8, 4) is 17.6 Å². The summed E-state index contributed by atoms with van der Waals surface area (Å²) in [5, 5.41) is 8.92. The zero-order valence-electron chi connectivity index (χ0n) is 12.3. The van der Waals surface area contributed by atoms with E-state index in [2.05, 4.69) is 12.6 Å². The fourth-order valence-corrected chi connectivity index (χ4v) is 2.13. The van der Waals surface area contributed by atoms with Gasteiger partial charge in [0.25, 0.3) is 0 Å². The molecule has 0 atom stereocenters. The number of nitriles is 1. The van der Waals surface area contributed by atoms with Gasteiger partial charge in [-0.3, -0.25) is 4.79 Å². The Kier molecular flexibility index (Phi) is 5.52. The summed E-state index contributed by atoms with van der Waals surface area (Å²) in [6, 6.07) is 11.1. The van der Waals surface area contributed by atoms with Crippen molar-refractivity contribution in [2.75, 3.05) is 0 Å². The number of carbonyl (C=O) groups excluding carboxylic acids is 1. The van der Waals surface area contributed by atoms with Crippen molar-refractivity contribution in [1.82, 2.24) is 0 Å². The number of thiol groups is 1. The van der Waals surface area contributed by atoms with Crippen molar-refractivity contribution in [2.45, 2.75) is 19.0 Å². The van der Waals surface area contributed by atoms with E-state index in [-0.39, 0.29) is 28.6 Å². The average molecular weight is 351 g/mol. The lowest BCUT2D eigenvalue weighted by Gasteiger charge is -2.11. The van der Waals surface area contributed by atoms with Crippen LogP contribution in [0.15, 0.2) is 42.5 Å². The van der Waals surface area contributed by atoms with Crippen molar-refractivity contribution < 1.29 is 22.7 Å². The zero-order chi connectivity index (χ0) is 17.7. The number of carbonyl (C=O) groups is 1. The van der Waals surface area contributed by atoms with Crippen molar-refractivity contribution in [3.63, 3.8) is 0 Å². The van der Waals surface area contributed by atoms with Crippen molar-refractivity contribution in [2.24, 2.45) is 0 Å². The predicted molar refractivity (Wildman–Crippen MR) is 85.0 cm³/mol. The Bertz CT molecular complexity index is 797. The molecule has 0 saturated heterocycles. The number of rotatable bonds is 5. The van der Waals surface area contributed by atoms with E-state index in [1.807, 2.05) is 6.07 Å². The first-order chi connectivity index (χ1) is 11.3. The minimum atomic E-state index is -4.47. The minimum Gasteiger partial charge on any atom is -0.456 e. The lowest BCUT2D eigenvalue weighted by Crippen LogP contribution is -2.04. The first-order valence-corrected chi connectivity index (χ1v) is 7.34. The van der Waals surface area contributed by atoms with E-state index in [1.54, 1.807) is 12.1 Å². The molecule has 0 spiro atoms. The molecule has 0 aliphatic heterocycles. The number of aryl methyl sites for hydroxylation is 1. The fourth-order valence-electron chi connectivity index (χ4n) is 2.02. The predicted octanol–water partition coefficient (Wildman–Crippen LogP) is 4.76. The summed E-state index contributed by atoms with van der Waals surface area (Å²) < 4.78 is 43.6. The molecule has 0 fully saturated rings. The number of hydrogen-bond donors (Lipinski definition) is 1. The Morgan fingerprint density at radius 3 is 2.58 bits per heavy atom. The summed E-state index contributed by atoms with van der Waals surface area (Å²) in [4.78, 5) is 10.9. The highest BCUT2D eigenvalue weighted by atomic mass is 32.1. The van der Waals surface area contributed by atoms with Crippen LogP contribution in [0.2, 0.25) is 0 Å². The molecule has 0 aliphatic carbocycles. The molecule has 0 unspecified atom stereocenters. The van der Waals surface area contributed by atoms with E-state index in [1.165, 1.54) is 18.2 Å². The van der Waals surface area contributed by atoms with Gasteiger partial charge in [0.05, 0.1) is 11.1 Å². The smallest absolute Gasteiger partial charge is 0.416 e. The maximum Gasteiger partial charge on any atom is 0.416 e. The Labute approximate surface area is 142 Å². The van der Waals surface area contributed by atoms with Crippen LogP contribution in [-0.2, 0) is 17.4 Å². The topological polar surface area (TPSA) is 50.1 Å². The van der Waals surface area contributed by atoms with Crippen LogP contribution in [0.25, 0.3) is 0 Å². The molecule has 2 aromatic carbocycles. The molecule has 124 valence electrons. The SMILES string of the molecule is N#Cc1cc(CCC(=O)S)ccc1Oc1cccc(C(F)(F)F)c1. The molecule has 0 aliphatic rings. The third-order valence-electron chi connectivity index (χ3n) is 3.18. The first-order valence-electron chi connectivity index (χ1n) is 6.89. The van der Waals surface area contributed by atoms with E-state index in [0.717, 1.165) is 17.7 Å². The minimum absolute atomic E-state index is 0.0142. The lowest BCUT2D eigenvalue weighted by atomic mass is 10.1. The van der Waals surface area contributed by atoms with Gasteiger partial charge < -0.3 is 4.74 Å². The van der Waals surface area contributed by atoms with Gasteiger partial charge in [-0.05, 0) is 42.3 Å². The monoisotopic (exact) mass is 351 g/mol. The van der Waals surface area contributed by atoms with Crippen LogP contribution in [0.4, 0.5) is 13.2 Å². The van der Waals surface area contributed by atoms with Gasteiger partial charge in [-0.1, -0.05) is 12.1 Å². The molecule has 2 rings (SSSR count). The standard InChI is InChI=1S/C17H12F3NO2S/c18-17(19,20)13-2-1-3-14(9-13)23-15-6-4-11(5-7-16(22)24)8-12(15)10-21/h1-4,6,8-9H,5,7H2,(H,22,24). The number of halogens is 3. The third-order valence-corrected chi connectivity index (χ3v) is 3.40. The summed E-state index contributed by atoms with van der Waals surface area (Å²) in [6.45, 7) is 0. The summed E-state index contributed by atoms with van der Waals surface area (Å²) in [5.74, 6) is 0.136. The molecule has 7 heteroatoms. The van der Waals surface area contributed by atoms with Gasteiger partial charge in [0.15, 0.2) is 5.12 Å². The molecule has 24 heavy (non-hydrogen) atoms. The molecule has 0 amide bonds. The van der Waals surface area contributed by atoms with E-state index >= 15 is 0 Å². The second kappa shape index (κ2) is 7.41. The molecule has 0 N–H and O–H groups in total. The van der Waals surface area contributed by atoms with Crippen LogP contribution in [0.3, 0.4) is 0 Å². The van der Waals surface area contributed by atoms with Crippen molar-refractivity contribution >= 4 is 17.7 Å². The molecule has 0 aromatic heterocycles. The van der Waals surface area contributed by atoms with Gasteiger partial charge in [-0.15, -0.1) is 12.6 Å². The van der Waals surface area contributed by atoms with Gasteiger partial charge in [-0.2, -0.15) is 18.4 Å². The normalized spacial score (nSPS) is 11.0. The molecule has 3 nitrogen and oxygen atoms in total. The van der Waals surface area contributed by atoms with Gasteiger partial charge in [0, 0.05) is 6.42 Å². The number of nitrogens with zero attached hydrogens (tertiary/aromatic N) is 1. The highest BCUT2D eigenvalue weighted by molar-refractivity contribution is 7.96. The third kappa shape index (κ3) is 4.77. The van der Waals surface area contributed by atoms with Crippen LogP contribution in [0, 0.1) is 11.3 Å². The summed E-state index contributed by atoms with van der Waals surface area (Å²) in [6.07, 6.45) is -3.83. The average Bonchev–Trinajstić information content (AvgIpc) is 2.53. The highest BCUT2D eigenvalue weighted by Crippen LogP contribution is 2.33. The second-order valence-electron chi connectivity index (χ2n) is 4.96. The highest BCUT2D eigenvalue weighted by Gasteiger charge is 2.30. The Balaban J connectivity index is 2.24. The first kappa shape index (κ1) is 17.9. The maximum atomic E-state index is 12.7. The largest absolute Gasteiger partial charge is 0.456 e. The van der Waals surface area contributed by atoms with E-state index < -0.39 is 11.7 Å².